The first kappa shape index (κ1) is 14.0. The van der Waals surface area contributed by atoms with Crippen LogP contribution in [0.3, 0.4) is 0 Å². The zero-order chi connectivity index (χ0) is 14.4. The van der Waals surface area contributed by atoms with Gasteiger partial charge in [0.05, 0.1) is 23.1 Å². The molecule has 0 radical (unpaired) electrons. The average molecular weight is 287 g/mol. The van der Waals surface area contributed by atoms with E-state index in [4.69, 9.17) is 9.52 Å². The molecule has 1 fully saturated rings. The van der Waals surface area contributed by atoms with Gasteiger partial charge < -0.3 is 9.52 Å². The number of aromatic carboxylic acids is 1. The first-order valence-electron chi connectivity index (χ1n) is 6.05. The lowest BCUT2D eigenvalue weighted by atomic mass is 9.91. The van der Waals surface area contributed by atoms with Gasteiger partial charge in [-0.25, -0.2) is 18.2 Å². The highest BCUT2D eigenvalue weighted by Gasteiger charge is 2.36. The summed E-state index contributed by atoms with van der Waals surface area (Å²) in [7, 11) is -3.05. The quantitative estimate of drug-likeness (QED) is 0.886. The molecule has 0 aromatic carbocycles. The highest BCUT2D eigenvalue weighted by Crippen LogP contribution is 2.33. The third-order valence-corrected chi connectivity index (χ3v) is 4.90. The van der Waals surface area contributed by atoms with Gasteiger partial charge in [0.15, 0.2) is 15.7 Å². The molecule has 0 spiro atoms. The lowest BCUT2D eigenvalue weighted by Crippen LogP contribution is -2.16. The van der Waals surface area contributed by atoms with Crippen molar-refractivity contribution >= 4 is 15.8 Å². The van der Waals surface area contributed by atoms with Crippen LogP contribution in [-0.2, 0) is 15.3 Å². The van der Waals surface area contributed by atoms with Crippen LogP contribution in [-0.4, -0.2) is 36.0 Å². The van der Waals surface area contributed by atoms with E-state index >= 15 is 0 Å². The first-order valence-corrected chi connectivity index (χ1v) is 7.87. The minimum atomic E-state index is -3.05. The fourth-order valence-electron chi connectivity index (χ4n) is 2.15. The van der Waals surface area contributed by atoms with Crippen LogP contribution in [0.1, 0.15) is 55.2 Å². The molecule has 1 aliphatic rings. The monoisotopic (exact) mass is 287 g/mol. The van der Waals surface area contributed by atoms with Crippen molar-refractivity contribution in [1.82, 2.24) is 4.98 Å². The molecule has 0 saturated carbocycles. The molecule has 1 unspecified atom stereocenters. The standard InChI is InChI=1S/C12H17NO5S/c1-12(2,3)9-8(11(14)15)18-10(13-9)7-4-5-19(16,17)6-7/h7H,4-6H2,1-3H3,(H,14,15). The highest BCUT2D eigenvalue weighted by atomic mass is 32.2. The van der Waals surface area contributed by atoms with Crippen LogP contribution >= 0.6 is 0 Å². The Kier molecular flexibility index (Phi) is 3.20. The zero-order valence-electron chi connectivity index (χ0n) is 11.1. The van der Waals surface area contributed by atoms with E-state index in [9.17, 15) is 13.2 Å². The van der Waals surface area contributed by atoms with E-state index in [1.807, 2.05) is 20.8 Å². The lowest BCUT2D eigenvalue weighted by Gasteiger charge is -2.14. The van der Waals surface area contributed by atoms with Gasteiger partial charge in [0, 0.05) is 5.41 Å². The largest absolute Gasteiger partial charge is 0.475 e. The normalized spacial score (nSPS) is 22.6. The number of carboxylic acids is 1. The average Bonchev–Trinajstić information content (AvgIpc) is 2.79. The molecule has 0 aliphatic carbocycles. The number of hydrogen-bond acceptors (Lipinski definition) is 5. The Labute approximate surface area is 111 Å². The zero-order valence-corrected chi connectivity index (χ0v) is 12.0. The molecule has 1 N–H and O–H groups in total. The Morgan fingerprint density at radius 1 is 1.42 bits per heavy atom. The number of carboxylic acid groups (broad SMARTS) is 1. The molecule has 0 bridgehead atoms. The number of rotatable bonds is 2. The summed E-state index contributed by atoms with van der Waals surface area (Å²) in [4.78, 5) is 15.4. The van der Waals surface area contributed by atoms with E-state index in [0.717, 1.165) is 0 Å². The maximum absolute atomic E-state index is 11.5. The molecule has 1 aromatic rings. The van der Waals surface area contributed by atoms with Crippen molar-refractivity contribution in [1.29, 1.82) is 0 Å². The van der Waals surface area contributed by atoms with Crippen LogP contribution in [0.15, 0.2) is 4.42 Å². The molecule has 1 aromatic heterocycles. The molecule has 1 saturated heterocycles. The van der Waals surface area contributed by atoms with Gasteiger partial charge in [0.2, 0.25) is 5.76 Å². The van der Waals surface area contributed by atoms with Crippen molar-refractivity contribution in [2.75, 3.05) is 11.5 Å². The fraction of sp³-hybridized carbons (Fsp3) is 0.667. The van der Waals surface area contributed by atoms with Crippen molar-refractivity contribution in [3.05, 3.63) is 17.3 Å². The van der Waals surface area contributed by atoms with Gasteiger partial charge in [-0.05, 0) is 6.42 Å². The van der Waals surface area contributed by atoms with Crippen molar-refractivity contribution in [3.8, 4) is 0 Å². The number of sulfone groups is 1. The van der Waals surface area contributed by atoms with Gasteiger partial charge >= 0.3 is 5.97 Å². The van der Waals surface area contributed by atoms with Gasteiger partial charge in [0.25, 0.3) is 0 Å². The predicted octanol–water partition coefficient (Wildman–Crippen LogP) is 1.57. The highest BCUT2D eigenvalue weighted by molar-refractivity contribution is 7.91. The topological polar surface area (TPSA) is 97.5 Å². The molecule has 0 amide bonds. The molecule has 1 atom stereocenters. The fourth-order valence-corrected chi connectivity index (χ4v) is 3.89. The molecular weight excluding hydrogens is 270 g/mol. The summed E-state index contributed by atoms with van der Waals surface area (Å²) >= 11 is 0. The van der Waals surface area contributed by atoms with E-state index in [1.165, 1.54) is 0 Å². The van der Waals surface area contributed by atoms with E-state index in [0.29, 0.717) is 12.1 Å². The van der Waals surface area contributed by atoms with E-state index in [1.54, 1.807) is 0 Å². The molecule has 7 heteroatoms. The first-order chi connectivity index (χ1) is 8.60. The predicted molar refractivity (Wildman–Crippen MR) is 68.2 cm³/mol. The van der Waals surface area contributed by atoms with Gasteiger partial charge in [0.1, 0.15) is 0 Å². The van der Waals surface area contributed by atoms with Crippen molar-refractivity contribution in [2.45, 2.75) is 38.5 Å². The third-order valence-electron chi connectivity index (χ3n) is 3.13. The number of aromatic nitrogens is 1. The maximum Gasteiger partial charge on any atom is 0.373 e. The Hall–Kier alpha value is -1.37. The van der Waals surface area contributed by atoms with E-state index in [-0.39, 0.29) is 29.1 Å². The summed E-state index contributed by atoms with van der Waals surface area (Å²) < 4.78 is 28.2. The summed E-state index contributed by atoms with van der Waals surface area (Å²) in [5, 5.41) is 9.14. The molecule has 2 rings (SSSR count). The SMILES string of the molecule is CC(C)(C)c1nc(C2CCS(=O)(=O)C2)oc1C(=O)O. The lowest BCUT2D eigenvalue weighted by molar-refractivity contribution is 0.0656. The molecule has 106 valence electrons. The second-order valence-corrected chi connectivity index (χ2v) is 8.11. The van der Waals surface area contributed by atoms with Crippen LogP contribution in [0.4, 0.5) is 0 Å². The smallest absolute Gasteiger partial charge is 0.373 e. The minimum Gasteiger partial charge on any atom is -0.475 e. The van der Waals surface area contributed by atoms with Crippen molar-refractivity contribution < 1.29 is 22.7 Å². The minimum absolute atomic E-state index is 0.0177. The van der Waals surface area contributed by atoms with Gasteiger partial charge in [-0.3, -0.25) is 0 Å². The van der Waals surface area contributed by atoms with E-state index < -0.39 is 21.2 Å². The van der Waals surface area contributed by atoms with Crippen LogP contribution in [0.5, 0.6) is 0 Å². The van der Waals surface area contributed by atoms with Crippen LogP contribution in [0.2, 0.25) is 0 Å². The van der Waals surface area contributed by atoms with Gasteiger partial charge in [-0.15, -0.1) is 0 Å². The third kappa shape index (κ3) is 2.80. The Morgan fingerprint density at radius 2 is 2.05 bits per heavy atom. The Balaban J connectivity index is 2.42. The van der Waals surface area contributed by atoms with E-state index in [2.05, 4.69) is 4.98 Å². The number of nitrogens with zero attached hydrogens (tertiary/aromatic N) is 1. The van der Waals surface area contributed by atoms with Gasteiger partial charge in [-0.2, -0.15) is 0 Å². The summed E-state index contributed by atoms with van der Waals surface area (Å²) in [5.41, 5.74) is -0.105. The number of carbonyl (C=O) groups is 1. The number of hydrogen-bond donors (Lipinski definition) is 1. The van der Waals surface area contributed by atoms with Crippen LogP contribution < -0.4 is 0 Å². The summed E-state index contributed by atoms with van der Waals surface area (Å²) in [6.07, 6.45) is 0.436. The van der Waals surface area contributed by atoms with Crippen molar-refractivity contribution in [3.63, 3.8) is 0 Å². The number of oxazole rings is 1. The molecule has 6 nitrogen and oxygen atoms in total. The molecule has 1 aliphatic heterocycles. The molecule has 2 heterocycles. The Bertz CT molecular complexity index is 609. The summed E-state index contributed by atoms with van der Waals surface area (Å²) in [5.74, 6) is -1.39. The Morgan fingerprint density at radius 3 is 2.42 bits per heavy atom. The van der Waals surface area contributed by atoms with Crippen LogP contribution in [0.25, 0.3) is 0 Å². The molecular formula is C12H17NO5S. The summed E-state index contributed by atoms with van der Waals surface area (Å²) in [6.45, 7) is 5.52. The van der Waals surface area contributed by atoms with Crippen molar-refractivity contribution in [2.24, 2.45) is 0 Å². The second kappa shape index (κ2) is 4.33. The summed E-state index contributed by atoms with van der Waals surface area (Å²) in [6, 6.07) is 0. The van der Waals surface area contributed by atoms with Crippen LogP contribution in [0, 0.1) is 0 Å². The second-order valence-electron chi connectivity index (χ2n) is 5.88. The molecule has 19 heavy (non-hydrogen) atoms. The van der Waals surface area contributed by atoms with Gasteiger partial charge in [-0.1, -0.05) is 20.8 Å². The maximum atomic E-state index is 11.5.